The zero-order valence-corrected chi connectivity index (χ0v) is 11.3. The van der Waals surface area contributed by atoms with E-state index in [1.165, 1.54) is 19.5 Å². The molecule has 5 nitrogen and oxygen atoms in total. The van der Waals surface area contributed by atoms with Gasteiger partial charge in [-0.15, -0.1) is 0 Å². The van der Waals surface area contributed by atoms with Crippen LogP contribution in [0.5, 0.6) is 0 Å². The van der Waals surface area contributed by atoms with Crippen LogP contribution in [0.1, 0.15) is 12.8 Å². The van der Waals surface area contributed by atoms with Gasteiger partial charge >= 0.3 is 0 Å². The van der Waals surface area contributed by atoms with Crippen LogP contribution in [0.2, 0.25) is 0 Å². The van der Waals surface area contributed by atoms with Crippen LogP contribution >= 0.6 is 0 Å². The first kappa shape index (κ1) is 14.3. The molecule has 5 heteroatoms. The molecule has 0 bridgehead atoms. The Morgan fingerprint density at radius 3 is 2.88 bits per heavy atom. The van der Waals surface area contributed by atoms with Crippen LogP contribution in [0.25, 0.3) is 0 Å². The molecule has 1 fully saturated rings. The van der Waals surface area contributed by atoms with Gasteiger partial charge in [0.2, 0.25) is 0 Å². The normalized spacial score (nSPS) is 21.8. The van der Waals surface area contributed by atoms with Gasteiger partial charge in [-0.05, 0) is 32.4 Å². The maximum absolute atomic E-state index is 5.00. The molecule has 17 heavy (non-hydrogen) atoms. The summed E-state index contributed by atoms with van der Waals surface area (Å²) in [6.45, 7) is 5.10. The van der Waals surface area contributed by atoms with Crippen LogP contribution in [0, 0.1) is 5.92 Å². The number of nitrogens with zero attached hydrogens (tertiary/aromatic N) is 2. The number of rotatable bonds is 6. The summed E-state index contributed by atoms with van der Waals surface area (Å²) in [7, 11) is 5.72. The van der Waals surface area contributed by atoms with Crippen molar-refractivity contribution in [1.82, 2.24) is 15.5 Å². The fraction of sp³-hybridized carbons (Fsp3) is 0.917. The van der Waals surface area contributed by atoms with Crippen molar-refractivity contribution in [2.24, 2.45) is 10.9 Å². The van der Waals surface area contributed by atoms with E-state index in [2.05, 4.69) is 27.6 Å². The molecule has 1 saturated heterocycles. The molecule has 0 amide bonds. The standard InChI is InChI=1S/C12H26N4O/c1-13-12(14-6-4-8-17-3)15-9-11-5-7-16(2)10-11/h11H,4-10H2,1-3H3,(H2,13,14,15). The Balaban J connectivity index is 2.10. The Labute approximate surface area is 105 Å². The van der Waals surface area contributed by atoms with E-state index in [-0.39, 0.29) is 0 Å². The molecule has 1 aliphatic rings. The Hall–Kier alpha value is -0.810. The SMILES string of the molecule is CN=C(NCCCOC)NCC1CCN(C)C1. The number of likely N-dealkylation sites (tertiary alicyclic amines) is 1. The molecule has 2 N–H and O–H groups in total. The molecule has 1 unspecified atom stereocenters. The number of hydrogen-bond acceptors (Lipinski definition) is 3. The molecule has 0 saturated carbocycles. The van der Waals surface area contributed by atoms with E-state index in [0.29, 0.717) is 0 Å². The van der Waals surface area contributed by atoms with Gasteiger partial charge in [-0.2, -0.15) is 0 Å². The number of methoxy groups -OCH3 is 1. The Kier molecular flexibility index (Phi) is 6.96. The summed E-state index contributed by atoms with van der Waals surface area (Å²) in [5.41, 5.74) is 0. The van der Waals surface area contributed by atoms with Crippen molar-refractivity contribution in [3.8, 4) is 0 Å². The van der Waals surface area contributed by atoms with Crippen LogP contribution < -0.4 is 10.6 Å². The Morgan fingerprint density at radius 2 is 2.29 bits per heavy atom. The highest BCUT2D eigenvalue weighted by molar-refractivity contribution is 5.79. The minimum Gasteiger partial charge on any atom is -0.385 e. The Morgan fingerprint density at radius 1 is 1.47 bits per heavy atom. The van der Waals surface area contributed by atoms with Crippen molar-refractivity contribution in [2.75, 3.05) is 54.0 Å². The summed E-state index contributed by atoms with van der Waals surface area (Å²) in [5, 5.41) is 6.66. The molecule has 0 aromatic heterocycles. The monoisotopic (exact) mass is 242 g/mol. The maximum atomic E-state index is 5.00. The molecule has 0 radical (unpaired) electrons. The molecule has 1 atom stereocenters. The van der Waals surface area contributed by atoms with Gasteiger partial charge in [0.1, 0.15) is 0 Å². The van der Waals surface area contributed by atoms with Crippen LogP contribution in [-0.4, -0.2) is 64.9 Å². The highest BCUT2D eigenvalue weighted by Crippen LogP contribution is 2.12. The predicted octanol–water partition coefficient (Wildman–Crippen LogP) is 0.140. The third-order valence-corrected chi connectivity index (χ3v) is 3.09. The first-order valence-corrected chi connectivity index (χ1v) is 6.38. The molecule has 1 rings (SSSR count). The van der Waals surface area contributed by atoms with Crippen molar-refractivity contribution < 1.29 is 4.74 Å². The predicted molar refractivity (Wildman–Crippen MR) is 71.5 cm³/mol. The number of guanidine groups is 1. The summed E-state index contributed by atoms with van der Waals surface area (Å²) in [6.07, 6.45) is 2.29. The van der Waals surface area contributed by atoms with E-state index in [0.717, 1.165) is 38.0 Å². The number of aliphatic imine (C=N–C) groups is 1. The average Bonchev–Trinajstić information content (AvgIpc) is 2.74. The summed E-state index contributed by atoms with van der Waals surface area (Å²) < 4.78 is 5.00. The topological polar surface area (TPSA) is 48.9 Å². The van der Waals surface area contributed by atoms with Gasteiger partial charge in [0, 0.05) is 40.4 Å². The van der Waals surface area contributed by atoms with E-state index in [9.17, 15) is 0 Å². The van der Waals surface area contributed by atoms with E-state index in [1.54, 1.807) is 7.11 Å². The van der Waals surface area contributed by atoms with Gasteiger partial charge in [0.25, 0.3) is 0 Å². The second-order valence-corrected chi connectivity index (χ2v) is 4.64. The molecule has 1 heterocycles. The largest absolute Gasteiger partial charge is 0.385 e. The summed E-state index contributed by atoms with van der Waals surface area (Å²) in [5.74, 6) is 1.65. The fourth-order valence-electron chi connectivity index (χ4n) is 2.08. The number of nitrogens with one attached hydrogen (secondary N) is 2. The molecule has 0 spiro atoms. The lowest BCUT2D eigenvalue weighted by Crippen LogP contribution is -2.40. The highest BCUT2D eigenvalue weighted by atomic mass is 16.5. The van der Waals surface area contributed by atoms with Crippen LogP contribution in [0.3, 0.4) is 0 Å². The zero-order chi connectivity index (χ0) is 12.5. The van der Waals surface area contributed by atoms with Crippen LogP contribution in [0.15, 0.2) is 4.99 Å². The minimum absolute atomic E-state index is 0.748. The molecule has 1 aliphatic heterocycles. The quantitative estimate of drug-likeness (QED) is 0.395. The van der Waals surface area contributed by atoms with Crippen molar-refractivity contribution in [1.29, 1.82) is 0 Å². The van der Waals surface area contributed by atoms with Gasteiger partial charge in [0.05, 0.1) is 0 Å². The average molecular weight is 242 g/mol. The summed E-state index contributed by atoms with van der Waals surface area (Å²) >= 11 is 0. The first-order chi connectivity index (χ1) is 8.26. The van der Waals surface area contributed by atoms with Crippen molar-refractivity contribution >= 4 is 5.96 Å². The van der Waals surface area contributed by atoms with E-state index >= 15 is 0 Å². The summed E-state index contributed by atoms with van der Waals surface area (Å²) in [4.78, 5) is 6.58. The molecule has 0 aromatic rings. The molecule has 100 valence electrons. The summed E-state index contributed by atoms with van der Waals surface area (Å²) in [6, 6.07) is 0. The van der Waals surface area contributed by atoms with Crippen molar-refractivity contribution in [3.63, 3.8) is 0 Å². The second kappa shape index (κ2) is 8.31. The van der Waals surface area contributed by atoms with Crippen LogP contribution in [0.4, 0.5) is 0 Å². The molecular weight excluding hydrogens is 216 g/mol. The lowest BCUT2D eigenvalue weighted by Gasteiger charge is -2.15. The second-order valence-electron chi connectivity index (χ2n) is 4.64. The van der Waals surface area contributed by atoms with Gasteiger partial charge in [-0.1, -0.05) is 0 Å². The lowest BCUT2D eigenvalue weighted by atomic mass is 10.1. The fourth-order valence-corrected chi connectivity index (χ4v) is 2.08. The third kappa shape index (κ3) is 5.89. The molecule has 0 aliphatic carbocycles. The number of hydrogen-bond donors (Lipinski definition) is 2. The van der Waals surface area contributed by atoms with Gasteiger partial charge in [-0.25, -0.2) is 0 Å². The third-order valence-electron chi connectivity index (χ3n) is 3.09. The zero-order valence-electron chi connectivity index (χ0n) is 11.3. The first-order valence-electron chi connectivity index (χ1n) is 6.38. The van der Waals surface area contributed by atoms with Gasteiger partial charge in [-0.3, -0.25) is 4.99 Å². The van der Waals surface area contributed by atoms with Crippen molar-refractivity contribution in [2.45, 2.75) is 12.8 Å². The van der Waals surface area contributed by atoms with Crippen molar-refractivity contribution in [3.05, 3.63) is 0 Å². The van der Waals surface area contributed by atoms with Gasteiger partial charge < -0.3 is 20.3 Å². The van der Waals surface area contributed by atoms with E-state index in [1.807, 2.05) is 7.05 Å². The van der Waals surface area contributed by atoms with Gasteiger partial charge in [0.15, 0.2) is 5.96 Å². The molecule has 0 aromatic carbocycles. The molecular formula is C12H26N4O. The lowest BCUT2D eigenvalue weighted by molar-refractivity contribution is 0.195. The van der Waals surface area contributed by atoms with E-state index in [4.69, 9.17) is 4.74 Å². The van der Waals surface area contributed by atoms with Crippen LogP contribution in [-0.2, 0) is 4.74 Å². The minimum atomic E-state index is 0.748. The highest BCUT2D eigenvalue weighted by Gasteiger charge is 2.19. The smallest absolute Gasteiger partial charge is 0.190 e. The number of ether oxygens (including phenoxy) is 1. The Bertz CT molecular complexity index is 233. The maximum Gasteiger partial charge on any atom is 0.190 e. The van der Waals surface area contributed by atoms with E-state index < -0.39 is 0 Å².